The van der Waals surface area contributed by atoms with Crippen molar-refractivity contribution in [2.24, 2.45) is 0 Å². The molecule has 0 atom stereocenters. The van der Waals surface area contributed by atoms with E-state index in [1.807, 2.05) is 12.1 Å². The maximum Gasteiger partial charge on any atom is 0.197 e. The molecule has 0 spiro atoms. The molecule has 0 amide bonds. The van der Waals surface area contributed by atoms with Crippen LogP contribution < -0.4 is 10.6 Å². The molecule has 0 aromatic heterocycles. The van der Waals surface area contributed by atoms with E-state index < -0.39 is 0 Å². The van der Waals surface area contributed by atoms with Crippen LogP contribution in [-0.4, -0.2) is 5.96 Å². The molecule has 4 aromatic carbocycles. The Morgan fingerprint density at radius 2 is 0.964 bits per heavy atom. The fraction of sp³-hybridized carbons (Fsp3) is 0. The standard InChI is InChI=1S/C25H17N3/c26-25(27-21-13-11-17-9-7-15-3-1-5-19(21)23(15)17)28-22-14-12-18-10-8-16-4-2-6-20(22)24(16)18/h1-14H,(H3,26,27,28). The van der Waals surface area contributed by atoms with Gasteiger partial charge in [0.25, 0.3) is 0 Å². The Bertz CT molecular complexity index is 1250. The molecule has 28 heavy (non-hydrogen) atoms. The number of benzene rings is 4. The lowest BCUT2D eigenvalue weighted by Gasteiger charge is -2.15. The van der Waals surface area contributed by atoms with Crippen LogP contribution in [-0.2, 0) is 0 Å². The van der Waals surface area contributed by atoms with E-state index in [-0.39, 0.29) is 5.96 Å². The Labute approximate surface area is 162 Å². The molecule has 0 bridgehead atoms. The summed E-state index contributed by atoms with van der Waals surface area (Å²) in [4.78, 5) is 0. The van der Waals surface area contributed by atoms with Crippen LogP contribution >= 0.6 is 0 Å². The van der Waals surface area contributed by atoms with E-state index >= 15 is 0 Å². The predicted octanol–water partition coefficient (Wildman–Crippen LogP) is 6.42. The summed E-state index contributed by atoms with van der Waals surface area (Å²) >= 11 is 0. The van der Waals surface area contributed by atoms with Crippen LogP contribution in [0.5, 0.6) is 0 Å². The van der Waals surface area contributed by atoms with E-state index in [1.54, 1.807) is 0 Å². The molecule has 0 aliphatic heterocycles. The first kappa shape index (κ1) is 15.2. The van der Waals surface area contributed by atoms with E-state index in [9.17, 15) is 0 Å². The zero-order valence-electron chi connectivity index (χ0n) is 15.1. The van der Waals surface area contributed by atoms with Crippen molar-refractivity contribution in [2.45, 2.75) is 0 Å². The summed E-state index contributed by atoms with van der Waals surface area (Å²) in [5.41, 5.74) is 6.81. The van der Waals surface area contributed by atoms with Gasteiger partial charge in [0.1, 0.15) is 0 Å². The van der Waals surface area contributed by atoms with Crippen molar-refractivity contribution in [3.05, 3.63) is 82.9 Å². The predicted molar refractivity (Wildman–Crippen MR) is 121 cm³/mol. The molecule has 3 N–H and O–H groups in total. The average molecular weight is 359 g/mol. The van der Waals surface area contributed by atoms with Crippen LogP contribution in [0, 0.1) is 5.41 Å². The number of hydrogen-bond acceptors (Lipinski definition) is 1. The van der Waals surface area contributed by atoms with Gasteiger partial charge in [-0.05, 0) is 45.2 Å². The molecule has 3 heteroatoms. The van der Waals surface area contributed by atoms with Gasteiger partial charge >= 0.3 is 0 Å². The molecule has 2 aliphatic carbocycles. The van der Waals surface area contributed by atoms with Gasteiger partial charge < -0.3 is 10.6 Å². The van der Waals surface area contributed by atoms with E-state index in [1.165, 1.54) is 33.0 Å². The molecule has 0 saturated carbocycles. The van der Waals surface area contributed by atoms with Gasteiger partial charge in [-0.2, -0.15) is 0 Å². The molecule has 0 saturated heterocycles. The molecule has 132 valence electrons. The minimum Gasteiger partial charge on any atom is -0.326 e. The van der Waals surface area contributed by atoms with Gasteiger partial charge in [-0.3, -0.25) is 5.41 Å². The van der Waals surface area contributed by atoms with Crippen LogP contribution in [0.2, 0.25) is 0 Å². The van der Waals surface area contributed by atoms with E-state index in [2.05, 4.69) is 83.5 Å². The van der Waals surface area contributed by atoms with E-state index in [4.69, 9.17) is 5.41 Å². The lowest BCUT2D eigenvalue weighted by molar-refractivity contribution is 1.44. The summed E-state index contributed by atoms with van der Waals surface area (Å²) in [6.07, 6.45) is 8.58. The largest absolute Gasteiger partial charge is 0.326 e. The highest BCUT2D eigenvalue weighted by atomic mass is 15.1. The smallest absolute Gasteiger partial charge is 0.197 e. The second kappa shape index (κ2) is 5.57. The summed E-state index contributed by atoms with van der Waals surface area (Å²) < 4.78 is 0. The Morgan fingerprint density at radius 1 is 0.536 bits per heavy atom. The van der Waals surface area contributed by atoms with Crippen molar-refractivity contribution < 1.29 is 0 Å². The minimum absolute atomic E-state index is 0.262. The molecule has 0 unspecified atom stereocenters. The topological polar surface area (TPSA) is 47.9 Å². The van der Waals surface area contributed by atoms with Crippen molar-refractivity contribution in [3.8, 4) is 0 Å². The van der Waals surface area contributed by atoms with Gasteiger partial charge in [0.15, 0.2) is 5.96 Å². The van der Waals surface area contributed by atoms with Gasteiger partial charge in [-0.25, -0.2) is 0 Å². The minimum atomic E-state index is 0.262. The Hall–Kier alpha value is -3.85. The lowest BCUT2D eigenvalue weighted by atomic mass is 10.0. The highest BCUT2D eigenvalue weighted by molar-refractivity contribution is 6.16. The number of nitrogens with one attached hydrogen (secondary N) is 3. The zero-order chi connectivity index (χ0) is 18.7. The summed E-state index contributed by atoms with van der Waals surface area (Å²) in [6, 6.07) is 20.9. The fourth-order valence-corrected chi connectivity index (χ4v) is 4.36. The average Bonchev–Trinajstić information content (AvgIpc) is 3.33. The first-order valence-electron chi connectivity index (χ1n) is 9.38. The van der Waals surface area contributed by atoms with E-state index in [0.717, 1.165) is 22.1 Å². The highest BCUT2D eigenvalue weighted by Crippen LogP contribution is 2.37. The van der Waals surface area contributed by atoms with Gasteiger partial charge in [0.05, 0.1) is 0 Å². The first-order chi connectivity index (χ1) is 13.8. The van der Waals surface area contributed by atoms with Gasteiger partial charge in [-0.1, -0.05) is 72.8 Å². The van der Waals surface area contributed by atoms with Crippen molar-refractivity contribution >= 4 is 63.2 Å². The van der Waals surface area contributed by atoms with Gasteiger partial charge in [0.2, 0.25) is 0 Å². The highest BCUT2D eigenvalue weighted by Gasteiger charge is 2.14. The molecule has 2 aliphatic rings. The molecule has 0 radical (unpaired) electrons. The Morgan fingerprint density at radius 3 is 1.43 bits per heavy atom. The maximum atomic E-state index is 8.51. The number of anilines is 2. The molecular weight excluding hydrogens is 342 g/mol. The Kier molecular flexibility index (Phi) is 3.03. The second-order valence-electron chi connectivity index (χ2n) is 7.24. The Balaban J connectivity index is 1.35. The third-order valence-electron chi connectivity index (χ3n) is 5.61. The van der Waals surface area contributed by atoms with E-state index in [0.29, 0.717) is 0 Å². The number of rotatable bonds is 2. The zero-order valence-corrected chi connectivity index (χ0v) is 15.1. The number of guanidine groups is 1. The number of hydrogen-bond donors (Lipinski definition) is 3. The van der Waals surface area contributed by atoms with Gasteiger partial charge in [0, 0.05) is 22.1 Å². The van der Waals surface area contributed by atoms with Crippen molar-refractivity contribution in [3.63, 3.8) is 0 Å². The van der Waals surface area contributed by atoms with Crippen LogP contribution in [0.1, 0.15) is 22.3 Å². The van der Waals surface area contributed by atoms with Gasteiger partial charge in [-0.15, -0.1) is 0 Å². The van der Waals surface area contributed by atoms with Crippen molar-refractivity contribution in [1.82, 2.24) is 0 Å². The summed E-state index contributed by atoms with van der Waals surface area (Å²) in [5.74, 6) is 0.262. The molecule has 4 aromatic rings. The summed E-state index contributed by atoms with van der Waals surface area (Å²) in [7, 11) is 0. The first-order valence-corrected chi connectivity index (χ1v) is 9.38. The van der Waals surface area contributed by atoms with Crippen LogP contribution in [0.25, 0.3) is 45.8 Å². The SMILES string of the molecule is N=C(Nc1ccc2c3c(cccc13)C=C2)Nc1ccc2c3c(cccc13)C=C2. The van der Waals surface area contributed by atoms with Crippen molar-refractivity contribution in [2.75, 3.05) is 10.6 Å². The van der Waals surface area contributed by atoms with Crippen molar-refractivity contribution in [1.29, 1.82) is 5.41 Å². The summed E-state index contributed by atoms with van der Waals surface area (Å²) in [6.45, 7) is 0. The van der Waals surface area contributed by atoms with Crippen LogP contribution in [0.4, 0.5) is 11.4 Å². The van der Waals surface area contributed by atoms with Crippen LogP contribution in [0.15, 0.2) is 60.7 Å². The fourth-order valence-electron chi connectivity index (χ4n) is 4.36. The third kappa shape index (κ3) is 2.13. The molecule has 0 heterocycles. The molecule has 6 rings (SSSR count). The quantitative estimate of drug-likeness (QED) is 0.247. The third-order valence-corrected chi connectivity index (χ3v) is 5.61. The lowest BCUT2D eigenvalue weighted by Crippen LogP contribution is -2.20. The second-order valence-corrected chi connectivity index (χ2v) is 7.24. The monoisotopic (exact) mass is 359 g/mol. The summed E-state index contributed by atoms with van der Waals surface area (Å²) in [5, 5.41) is 19.8. The maximum absolute atomic E-state index is 8.51. The molecule has 0 fully saturated rings. The molecular formula is C25H17N3. The normalized spacial score (nSPS) is 12.9. The molecule has 3 nitrogen and oxygen atoms in total. The van der Waals surface area contributed by atoms with Crippen LogP contribution in [0.3, 0.4) is 0 Å².